The van der Waals surface area contributed by atoms with Crippen molar-refractivity contribution in [2.45, 2.75) is 18.3 Å². The SMILES string of the molecule is O=C(Oc1cccc2ccccc12)C1(c2cncc(Br)c2)CC1. The second-order valence-electron chi connectivity index (χ2n) is 5.84. The second kappa shape index (κ2) is 5.46. The molecule has 4 heteroatoms. The van der Waals surface area contributed by atoms with E-state index in [1.54, 1.807) is 12.4 Å². The Morgan fingerprint density at radius 3 is 2.65 bits per heavy atom. The summed E-state index contributed by atoms with van der Waals surface area (Å²) in [6.07, 6.45) is 5.07. The monoisotopic (exact) mass is 367 g/mol. The molecule has 1 aliphatic rings. The minimum atomic E-state index is -0.548. The Morgan fingerprint density at radius 2 is 1.87 bits per heavy atom. The molecule has 1 aliphatic carbocycles. The molecule has 0 amide bonds. The zero-order chi connectivity index (χ0) is 15.9. The molecule has 0 N–H and O–H groups in total. The summed E-state index contributed by atoms with van der Waals surface area (Å²) in [6.45, 7) is 0. The molecule has 3 nitrogen and oxygen atoms in total. The van der Waals surface area contributed by atoms with Crippen molar-refractivity contribution in [3.05, 3.63) is 71.0 Å². The molecule has 0 unspecified atom stereocenters. The molecule has 0 bridgehead atoms. The summed E-state index contributed by atoms with van der Waals surface area (Å²) in [6, 6.07) is 15.6. The normalized spacial score (nSPS) is 15.3. The average Bonchev–Trinajstić information content (AvgIpc) is 3.37. The Hall–Kier alpha value is -2.20. The number of carbonyl (C=O) groups is 1. The lowest BCUT2D eigenvalue weighted by atomic mass is 9.98. The van der Waals surface area contributed by atoms with Crippen molar-refractivity contribution in [2.75, 3.05) is 0 Å². The van der Waals surface area contributed by atoms with E-state index in [0.717, 1.165) is 33.7 Å². The first kappa shape index (κ1) is 14.4. The van der Waals surface area contributed by atoms with Crippen LogP contribution in [0.2, 0.25) is 0 Å². The smallest absolute Gasteiger partial charge is 0.322 e. The molecular weight excluding hydrogens is 354 g/mol. The van der Waals surface area contributed by atoms with Gasteiger partial charge in [0.25, 0.3) is 0 Å². The summed E-state index contributed by atoms with van der Waals surface area (Å²) >= 11 is 3.42. The molecule has 0 spiro atoms. The van der Waals surface area contributed by atoms with Crippen molar-refractivity contribution in [1.29, 1.82) is 0 Å². The molecule has 1 saturated carbocycles. The summed E-state index contributed by atoms with van der Waals surface area (Å²) in [5.74, 6) is 0.413. The van der Waals surface area contributed by atoms with E-state index in [1.165, 1.54) is 0 Å². The van der Waals surface area contributed by atoms with Gasteiger partial charge in [0, 0.05) is 22.3 Å². The molecule has 0 atom stereocenters. The number of esters is 1. The third-order valence-electron chi connectivity index (χ3n) is 4.35. The maximum absolute atomic E-state index is 12.8. The van der Waals surface area contributed by atoms with Crippen LogP contribution in [0.1, 0.15) is 18.4 Å². The minimum Gasteiger partial charge on any atom is -0.425 e. The molecule has 0 saturated heterocycles. The highest BCUT2D eigenvalue weighted by atomic mass is 79.9. The number of ether oxygens (including phenoxy) is 1. The Bertz CT molecular complexity index is 897. The highest BCUT2D eigenvalue weighted by Crippen LogP contribution is 2.49. The Labute approximate surface area is 142 Å². The number of nitrogens with zero attached hydrogens (tertiary/aromatic N) is 1. The predicted molar refractivity (Wildman–Crippen MR) is 92.4 cm³/mol. The van der Waals surface area contributed by atoms with Gasteiger partial charge in [-0.2, -0.15) is 0 Å². The van der Waals surface area contributed by atoms with E-state index in [9.17, 15) is 4.79 Å². The van der Waals surface area contributed by atoms with Gasteiger partial charge in [-0.05, 0) is 51.9 Å². The molecule has 0 aliphatic heterocycles. The fourth-order valence-corrected chi connectivity index (χ4v) is 3.26. The van der Waals surface area contributed by atoms with E-state index in [-0.39, 0.29) is 5.97 Å². The maximum atomic E-state index is 12.8. The van der Waals surface area contributed by atoms with Gasteiger partial charge >= 0.3 is 5.97 Å². The molecule has 23 heavy (non-hydrogen) atoms. The Kier molecular flexibility index (Phi) is 3.42. The third-order valence-corrected chi connectivity index (χ3v) is 4.78. The van der Waals surface area contributed by atoms with E-state index in [4.69, 9.17) is 4.74 Å². The molecule has 1 fully saturated rings. The van der Waals surface area contributed by atoms with E-state index >= 15 is 0 Å². The average molecular weight is 368 g/mol. The van der Waals surface area contributed by atoms with Gasteiger partial charge in [-0.1, -0.05) is 36.4 Å². The van der Waals surface area contributed by atoms with Gasteiger partial charge in [0.15, 0.2) is 0 Å². The Morgan fingerprint density at radius 1 is 1.09 bits per heavy atom. The van der Waals surface area contributed by atoms with Gasteiger partial charge in [0.2, 0.25) is 0 Å². The van der Waals surface area contributed by atoms with Crippen molar-refractivity contribution in [3.8, 4) is 5.75 Å². The van der Waals surface area contributed by atoms with Gasteiger partial charge in [-0.3, -0.25) is 9.78 Å². The van der Waals surface area contributed by atoms with Crippen molar-refractivity contribution < 1.29 is 9.53 Å². The van der Waals surface area contributed by atoms with Gasteiger partial charge in [-0.25, -0.2) is 0 Å². The molecule has 4 rings (SSSR count). The summed E-state index contributed by atoms with van der Waals surface area (Å²) in [5.41, 5.74) is 0.366. The van der Waals surface area contributed by atoms with Crippen LogP contribution in [0.5, 0.6) is 5.75 Å². The van der Waals surface area contributed by atoms with Crippen molar-refractivity contribution in [3.63, 3.8) is 0 Å². The Balaban J connectivity index is 1.67. The van der Waals surface area contributed by atoms with E-state index in [2.05, 4.69) is 20.9 Å². The lowest BCUT2D eigenvalue weighted by molar-refractivity contribution is -0.137. The zero-order valence-electron chi connectivity index (χ0n) is 12.3. The summed E-state index contributed by atoms with van der Waals surface area (Å²) in [4.78, 5) is 17.0. The third kappa shape index (κ3) is 2.53. The van der Waals surface area contributed by atoms with Crippen molar-refractivity contribution in [1.82, 2.24) is 4.98 Å². The minimum absolute atomic E-state index is 0.200. The van der Waals surface area contributed by atoms with E-state index < -0.39 is 5.41 Å². The number of hydrogen-bond donors (Lipinski definition) is 0. The van der Waals surface area contributed by atoms with Crippen LogP contribution in [0, 0.1) is 0 Å². The van der Waals surface area contributed by atoms with Crippen LogP contribution in [-0.4, -0.2) is 11.0 Å². The molecule has 3 aromatic rings. The summed E-state index contributed by atoms with van der Waals surface area (Å²) in [5, 5.41) is 2.01. The first-order chi connectivity index (χ1) is 11.2. The van der Waals surface area contributed by atoms with Crippen LogP contribution < -0.4 is 4.74 Å². The number of fused-ring (bicyclic) bond motifs is 1. The van der Waals surface area contributed by atoms with Crippen LogP contribution in [0.15, 0.2) is 65.4 Å². The highest BCUT2D eigenvalue weighted by molar-refractivity contribution is 9.10. The first-order valence-electron chi connectivity index (χ1n) is 7.50. The number of carbonyl (C=O) groups excluding carboxylic acids is 1. The highest BCUT2D eigenvalue weighted by Gasteiger charge is 2.53. The fourth-order valence-electron chi connectivity index (χ4n) is 2.89. The molecular formula is C19H14BrNO2. The van der Waals surface area contributed by atoms with Gasteiger partial charge in [-0.15, -0.1) is 0 Å². The first-order valence-corrected chi connectivity index (χ1v) is 8.29. The van der Waals surface area contributed by atoms with Gasteiger partial charge < -0.3 is 4.74 Å². The maximum Gasteiger partial charge on any atom is 0.322 e. The van der Waals surface area contributed by atoms with E-state index in [0.29, 0.717) is 5.75 Å². The molecule has 1 heterocycles. The number of rotatable bonds is 3. The lowest BCUT2D eigenvalue weighted by Gasteiger charge is -2.15. The summed E-state index contributed by atoms with van der Waals surface area (Å²) < 4.78 is 6.64. The molecule has 0 radical (unpaired) electrons. The van der Waals surface area contributed by atoms with Crippen LogP contribution in [0.25, 0.3) is 10.8 Å². The lowest BCUT2D eigenvalue weighted by Crippen LogP contribution is -2.26. The molecule has 114 valence electrons. The topological polar surface area (TPSA) is 39.2 Å². The quantitative estimate of drug-likeness (QED) is 0.500. The number of benzene rings is 2. The second-order valence-corrected chi connectivity index (χ2v) is 6.76. The standard InChI is InChI=1S/C19H14BrNO2/c20-15-10-14(11-21-12-15)19(8-9-19)18(22)23-17-7-3-5-13-4-1-2-6-16(13)17/h1-7,10-12H,8-9H2. The fraction of sp³-hybridized carbons (Fsp3) is 0.158. The van der Waals surface area contributed by atoms with Crippen LogP contribution >= 0.6 is 15.9 Å². The molecule has 1 aromatic heterocycles. The van der Waals surface area contributed by atoms with Crippen molar-refractivity contribution in [2.24, 2.45) is 0 Å². The van der Waals surface area contributed by atoms with Gasteiger partial charge in [0.05, 0.1) is 5.41 Å². The summed E-state index contributed by atoms with van der Waals surface area (Å²) in [7, 11) is 0. The largest absolute Gasteiger partial charge is 0.425 e. The van der Waals surface area contributed by atoms with Crippen LogP contribution in [0.4, 0.5) is 0 Å². The van der Waals surface area contributed by atoms with E-state index in [1.807, 2.05) is 48.5 Å². The van der Waals surface area contributed by atoms with Crippen LogP contribution in [-0.2, 0) is 10.2 Å². The van der Waals surface area contributed by atoms with Crippen molar-refractivity contribution >= 4 is 32.7 Å². The molecule has 2 aromatic carbocycles. The van der Waals surface area contributed by atoms with Crippen LogP contribution in [0.3, 0.4) is 0 Å². The number of pyridine rings is 1. The zero-order valence-corrected chi connectivity index (χ0v) is 13.9. The predicted octanol–water partition coefficient (Wildman–Crippen LogP) is 4.63. The number of hydrogen-bond acceptors (Lipinski definition) is 3. The number of halogens is 1. The van der Waals surface area contributed by atoms with Gasteiger partial charge in [0.1, 0.15) is 5.75 Å². The number of aromatic nitrogens is 1.